The van der Waals surface area contributed by atoms with Gasteiger partial charge in [0.2, 0.25) is 0 Å². The molecule has 4 nitrogen and oxygen atoms in total. The minimum absolute atomic E-state index is 0.0833. The molecule has 0 aliphatic rings. The fraction of sp³-hybridized carbons (Fsp3) is 0.100. The fourth-order valence-electron chi connectivity index (χ4n) is 3.01. The quantitative estimate of drug-likeness (QED) is 0.387. The predicted octanol–water partition coefficient (Wildman–Crippen LogP) is 5.85. The van der Waals surface area contributed by atoms with Crippen LogP contribution < -0.4 is 4.74 Å². The molecule has 30 heavy (non-hydrogen) atoms. The molecule has 0 amide bonds. The normalized spacial score (nSPS) is 12.0. The van der Waals surface area contributed by atoms with Crippen LogP contribution in [0.15, 0.2) is 60.8 Å². The lowest BCUT2D eigenvalue weighted by molar-refractivity contribution is -0.136. The number of rotatable bonds is 4. The van der Waals surface area contributed by atoms with E-state index < -0.39 is 24.2 Å². The Labute approximate surface area is 165 Å². The van der Waals surface area contributed by atoms with Crippen molar-refractivity contribution in [2.75, 3.05) is 0 Å². The van der Waals surface area contributed by atoms with Crippen molar-refractivity contribution in [3.63, 3.8) is 0 Å². The number of benzene rings is 2. The Morgan fingerprint density at radius 2 is 1.73 bits per heavy atom. The second-order valence-corrected chi connectivity index (χ2v) is 6.20. The lowest BCUT2D eigenvalue weighted by Crippen LogP contribution is -2.08. The van der Waals surface area contributed by atoms with Crippen LogP contribution in [0.1, 0.15) is 5.56 Å². The standard InChI is InChI=1S/C20H11F6N3O/c21-15-6-1-2-7-17(15)29-18-13(10-27-29)14(20(24,25)26)9-16(28-18)11-4-3-5-12(8-11)30-19(22)23/h1-10,19H. The van der Waals surface area contributed by atoms with Gasteiger partial charge in [0.15, 0.2) is 5.65 Å². The smallest absolute Gasteiger partial charge is 0.417 e. The van der Waals surface area contributed by atoms with Crippen molar-refractivity contribution in [2.45, 2.75) is 12.8 Å². The van der Waals surface area contributed by atoms with E-state index in [1.165, 1.54) is 36.4 Å². The monoisotopic (exact) mass is 423 g/mol. The highest BCUT2D eigenvalue weighted by Crippen LogP contribution is 2.37. The summed E-state index contributed by atoms with van der Waals surface area (Å²) in [4.78, 5) is 4.21. The molecule has 0 saturated carbocycles. The number of ether oxygens (including phenoxy) is 1. The van der Waals surface area contributed by atoms with Crippen LogP contribution in [0.3, 0.4) is 0 Å². The van der Waals surface area contributed by atoms with Gasteiger partial charge >= 0.3 is 12.8 Å². The summed E-state index contributed by atoms with van der Waals surface area (Å²) in [5.74, 6) is -0.934. The van der Waals surface area contributed by atoms with Gasteiger partial charge in [-0.25, -0.2) is 14.1 Å². The molecule has 2 heterocycles. The van der Waals surface area contributed by atoms with Gasteiger partial charge in [0.1, 0.15) is 17.3 Å². The molecule has 2 aromatic carbocycles. The van der Waals surface area contributed by atoms with E-state index in [1.54, 1.807) is 0 Å². The zero-order chi connectivity index (χ0) is 21.5. The maximum Gasteiger partial charge on any atom is 0.417 e. The molecule has 0 aliphatic carbocycles. The van der Waals surface area contributed by atoms with Crippen LogP contribution in [0, 0.1) is 5.82 Å². The first kappa shape index (κ1) is 19.7. The average molecular weight is 423 g/mol. The minimum Gasteiger partial charge on any atom is -0.435 e. The molecule has 154 valence electrons. The largest absolute Gasteiger partial charge is 0.435 e. The molecule has 0 unspecified atom stereocenters. The summed E-state index contributed by atoms with van der Waals surface area (Å²) in [5, 5.41) is 3.56. The van der Waals surface area contributed by atoms with E-state index >= 15 is 0 Å². The molecule has 4 rings (SSSR count). The maximum absolute atomic E-state index is 14.2. The molecule has 0 N–H and O–H groups in total. The van der Waals surface area contributed by atoms with E-state index in [0.717, 1.165) is 29.1 Å². The van der Waals surface area contributed by atoms with Gasteiger partial charge in [-0.05, 0) is 30.3 Å². The maximum atomic E-state index is 14.2. The lowest BCUT2D eigenvalue weighted by atomic mass is 10.1. The first-order valence-corrected chi connectivity index (χ1v) is 8.50. The lowest BCUT2D eigenvalue weighted by Gasteiger charge is -2.12. The summed E-state index contributed by atoms with van der Waals surface area (Å²) in [6.07, 6.45) is -3.80. The third-order valence-corrected chi connectivity index (χ3v) is 4.28. The highest BCUT2D eigenvalue weighted by atomic mass is 19.4. The second kappa shape index (κ2) is 7.36. The Bertz CT molecular complexity index is 1220. The number of pyridine rings is 1. The van der Waals surface area contributed by atoms with Gasteiger partial charge in [-0.3, -0.25) is 0 Å². The molecule has 0 fully saturated rings. The van der Waals surface area contributed by atoms with E-state index in [2.05, 4.69) is 14.8 Å². The zero-order valence-electron chi connectivity index (χ0n) is 14.9. The summed E-state index contributed by atoms with van der Waals surface area (Å²) >= 11 is 0. The molecule has 0 aliphatic heterocycles. The van der Waals surface area contributed by atoms with Crippen molar-refractivity contribution < 1.29 is 31.1 Å². The van der Waals surface area contributed by atoms with Crippen molar-refractivity contribution in [1.82, 2.24) is 14.8 Å². The Kier molecular flexibility index (Phi) is 4.84. The Hall–Kier alpha value is -3.56. The number of nitrogens with zero attached hydrogens (tertiary/aromatic N) is 3. The van der Waals surface area contributed by atoms with Gasteiger partial charge in [-0.15, -0.1) is 0 Å². The second-order valence-electron chi connectivity index (χ2n) is 6.20. The van der Waals surface area contributed by atoms with E-state index in [9.17, 15) is 26.3 Å². The van der Waals surface area contributed by atoms with Gasteiger partial charge in [0.05, 0.1) is 22.8 Å². The van der Waals surface area contributed by atoms with Crippen LogP contribution in [0.4, 0.5) is 26.3 Å². The molecule has 0 atom stereocenters. The molecule has 4 aromatic rings. The first-order valence-electron chi connectivity index (χ1n) is 8.50. The molecular formula is C20H11F6N3O. The molecule has 0 radical (unpaired) electrons. The van der Waals surface area contributed by atoms with Gasteiger partial charge in [0.25, 0.3) is 0 Å². The summed E-state index contributed by atoms with van der Waals surface area (Å²) < 4.78 is 85.5. The van der Waals surface area contributed by atoms with Crippen LogP contribution >= 0.6 is 0 Å². The van der Waals surface area contributed by atoms with Gasteiger partial charge < -0.3 is 4.74 Å². The van der Waals surface area contributed by atoms with E-state index in [0.29, 0.717) is 0 Å². The summed E-state index contributed by atoms with van der Waals surface area (Å²) in [7, 11) is 0. The number of hydrogen-bond donors (Lipinski definition) is 0. The van der Waals surface area contributed by atoms with Crippen LogP contribution in [0.2, 0.25) is 0 Å². The Morgan fingerprint density at radius 3 is 2.43 bits per heavy atom. The molecule has 10 heteroatoms. The third-order valence-electron chi connectivity index (χ3n) is 4.28. The number of halogens is 6. The highest BCUT2D eigenvalue weighted by Gasteiger charge is 2.35. The fourth-order valence-corrected chi connectivity index (χ4v) is 3.01. The topological polar surface area (TPSA) is 39.9 Å². The van der Waals surface area contributed by atoms with Crippen LogP contribution in [0.25, 0.3) is 28.0 Å². The number of para-hydroxylation sites is 1. The van der Waals surface area contributed by atoms with Crippen LogP contribution in [0.5, 0.6) is 5.75 Å². The minimum atomic E-state index is -4.75. The SMILES string of the molecule is Fc1ccccc1-n1ncc2c(C(F)(F)F)cc(-c3cccc(OC(F)F)c3)nc21. The van der Waals surface area contributed by atoms with Gasteiger partial charge in [-0.1, -0.05) is 24.3 Å². The molecule has 0 spiro atoms. The van der Waals surface area contributed by atoms with Crippen molar-refractivity contribution in [2.24, 2.45) is 0 Å². The third kappa shape index (κ3) is 3.68. The van der Waals surface area contributed by atoms with Crippen LogP contribution in [-0.2, 0) is 6.18 Å². The van der Waals surface area contributed by atoms with E-state index in [-0.39, 0.29) is 33.7 Å². The number of fused-ring (bicyclic) bond motifs is 1. The molecule has 0 bridgehead atoms. The van der Waals surface area contributed by atoms with Crippen molar-refractivity contribution in [3.05, 3.63) is 72.2 Å². The predicted molar refractivity (Wildman–Crippen MR) is 95.9 cm³/mol. The summed E-state index contributed by atoms with van der Waals surface area (Å²) in [6.45, 7) is -3.09. The Morgan fingerprint density at radius 1 is 0.967 bits per heavy atom. The highest BCUT2D eigenvalue weighted by molar-refractivity contribution is 5.84. The van der Waals surface area contributed by atoms with Crippen molar-refractivity contribution in [1.29, 1.82) is 0 Å². The van der Waals surface area contributed by atoms with Gasteiger partial charge in [0, 0.05) is 5.56 Å². The average Bonchev–Trinajstić information content (AvgIpc) is 3.10. The van der Waals surface area contributed by atoms with E-state index in [1.807, 2.05) is 0 Å². The van der Waals surface area contributed by atoms with Crippen molar-refractivity contribution >= 4 is 11.0 Å². The first-order chi connectivity index (χ1) is 14.2. The van der Waals surface area contributed by atoms with Crippen molar-refractivity contribution in [3.8, 4) is 22.7 Å². The summed E-state index contributed by atoms with van der Waals surface area (Å²) in [5.41, 5.74) is -1.40. The molecular weight excluding hydrogens is 412 g/mol. The number of aromatic nitrogens is 3. The summed E-state index contributed by atoms with van der Waals surface area (Å²) in [6, 6.07) is 11.3. The molecule has 2 aromatic heterocycles. The number of hydrogen-bond acceptors (Lipinski definition) is 3. The number of alkyl halides is 5. The zero-order valence-corrected chi connectivity index (χ0v) is 14.9. The molecule has 0 saturated heterocycles. The van der Waals surface area contributed by atoms with Crippen LogP contribution in [-0.4, -0.2) is 21.4 Å². The Balaban J connectivity index is 1.96. The van der Waals surface area contributed by atoms with Gasteiger partial charge in [-0.2, -0.15) is 27.1 Å². The van der Waals surface area contributed by atoms with E-state index in [4.69, 9.17) is 0 Å².